The minimum Gasteiger partial charge on any atom is -0.295 e. The van der Waals surface area contributed by atoms with Crippen LogP contribution in [0.3, 0.4) is 0 Å². The molecule has 0 spiro atoms. The van der Waals surface area contributed by atoms with Gasteiger partial charge in [0.2, 0.25) is 0 Å². The predicted molar refractivity (Wildman–Crippen MR) is 64.8 cm³/mol. The molecule has 0 aliphatic rings. The second-order valence-corrected chi connectivity index (χ2v) is 4.45. The van der Waals surface area contributed by atoms with E-state index in [-0.39, 0.29) is 5.78 Å². The fourth-order valence-corrected chi connectivity index (χ4v) is 2.13. The molecule has 0 aliphatic heterocycles. The van der Waals surface area contributed by atoms with Crippen molar-refractivity contribution in [2.45, 2.75) is 16.8 Å². The maximum atomic E-state index is 11.2. The maximum Gasteiger partial charge on any atom is 0.159 e. The maximum absolute atomic E-state index is 11.2. The van der Waals surface area contributed by atoms with Crippen molar-refractivity contribution in [2.24, 2.45) is 0 Å². The molecule has 2 rings (SSSR count). The van der Waals surface area contributed by atoms with E-state index in [1.807, 2.05) is 36.4 Å². The molecular formula is C13H11NOS. The first-order chi connectivity index (χ1) is 7.75. The molecule has 0 aliphatic carbocycles. The largest absolute Gasteiger partial charge is 0.295 e. The van der Waals surface area contributed by atoms with Gasteiger partial charge in [0.15, 0.2) is 5.78 Å². The van der Waals surface area contributed by atoms with Crippen molar-refractivity contribution in [3.05, 3.63) is 54.2 Å². The van der Waals surface area contributed by atoms with Crippen molar-refractivity contribution < 1.29 is 4.79 Å². The highest BCUT2D eigenvalue weighted by Crippen LogP contribution is 2.25. The number of rotatable bonds is 3. The quantitative estimate of drug-likeness (QED) is 0.755. The van der Waals surface area contributed by atoms with Crippen LogP contribution in [0.2, 0.25) is 0 Å². The number of aromatic nitrogens is 1. The second kappa shape index (κ2) is 4.94. The molecule has 0 radical (unpaired) electrons. The summed E-state index contributed by atoms with van der Waals surface area (Å²) in [6, 6.07) is 13.5. The Morgan fingerprint density at radius 1 is 1.19 bits per heavy atom. The lowest BCUT2D eigenvalue weighted by Gasteiger charge is -2.01. The third-order valence-corrected chi connectivity index (χ3v) is 3.05. The highest BCUT2D eigenvalue weighted by atomic mass is 32.2. The Bertz CT molecular complexity index is 496. The average molecular weight is 229 g/mol. The zero-order valence-corrected chi connectivity index (χ0v) is 9.70. The van der Waals surface area contributed by atoms with E-state index in [4.69, 9.17) is 0 Å². The average Bonchev–Trinajstić information content (AvgIpc) is 2.30. The van der Waals surface area contributed by atoms with Gasteiger partial charge in [0.1, 0.15) is 5.03 Å². The molecular weight excluding hydrogens is 218 g/mol. The van der Waals surface area contributed by atoms with E-state index in [0.717, 1.165) is 9.92 Å². The lowest BCUT2D eigenvalue weighted by atomic mass is 10.2. The molecule has 0 atom stereocenters. The van der Waals surface area contributed by atoms with E-state index in [1.165, 1.54) is 0 Å². The van der Waals surface area contributed by atoms with Crippen LogP contribution in [0.5, 0.6) is 0 Å². The number of carbonyl (C=O) groups is 1. The number of benzene rings is 1. The van der Waals surface area contributed by atoms with Gasteiger partial charge in [-0.25, -0.2) is 4.98 Å². The summed E-state index contributed by atoms with van der Waals surface area (Å²) in [6.45, 7) is 1.56. The minimum absolute atomic E-state index is 0.0670. The Kier molecular flexibility index (Phi) is 3.37. The molecule has 2 aromatic rings. The van der Waals surface area contributed by atoms with E-state index in [0.29, 0.717) is 5.56 Å². The summed E-state index contributed by atoms with van der Waals surface area (Å²) < 4.78 is 0. The number of Topliss-reactive ketones (excluding diaryl/α,β-unsaturated/α-hetero) is 1. The Morgan fingerprint density at radius 3 is 2.62 bits per heavy atom. The van der Waals surface area contributed by atoms with Crippen LogP contribution in [-0.2, 0) is 0 Å². The number of hydrogen-bond donors (Lipinski definition) is 0. The van der Waals surface area contributed by atoms with E-state index < -0.39 is 0 Å². The van der Waals surface area contributed by atoms with Crippen molar-refractivity contribution in [2.75, 3.05) is 0 Å². The number of ketones is 1. The smallest absolute Gasteiger partial charge is 0.159 e. The predicted octanol–water partition coefficient (Wildman–Crippen LogP) is 3.44. The molecule has 1 aromatic carbocycles. The standard InChI is InChI=1S/C13H11NOS/c1-10(15)11-7-8-14-13(9-11)16-12-5-3-2-4-6-12/h2-9H,1H3. The van der Waals surface area contributed by atoms with Gasteiger partial charge in [0.25, 0.3) is 0 Å². The lowest BCUT2D eigenvalue weighted by Crippen LogP contribution is -1.92. The Balaban J connectivity index is 2.22. The van der Waals surface area contributed by atoms with E-state index >= 15 is 0 Å². The monoisotopic (exact) mass is 229 g/mol. The molecule has 0 amide bonds. The van der Waals surface area contributed by atoms with E-state index in [2.05, 4.69) is 4.98 Å². The van der Waals surface area contributed by atoms with Crippen LogP contribution in [0.15, 0.2) is 58.6 Å². The van der Waals surface area contributed by atoms with Crippen LogP contribution in [0.25, 0.3) is 0 Å². The van der Waals surface area contributed by atoms with Gasteiger partial charge in [-0.2, -0.15) is 0 Å². The molecule has 1 aromatic heterocycles. The van der Waals surface area contributed by atoms with E-state index in [9.17, 15) is 4.79 Å². The first kappa shape index (κ1) is 10.9. The SMILES string of the molecule is CC(=O)c1ccnc(Sc2ccccc2)c1. The van der Waals surface area contributed by atoms with Crippen LogP contribution >= 0.6 is 11.8 Å². The number of hydrogen-bond acceptors (Lipinski definition) is 3. The highest BCUT2D eigenvalue weighted by Gasteiger charge is 2.02. The van der Waals surface area contributed by atoms with Gasteiger partial charge in [0.05, 0.1) is 0 Å². The molecule has 80 valence electrons. The molecule has 0 bridgehead atoms. The zero-order chi connectivity index (χ0) is 11.4. The summed E-state index contributed by atoms with van der Waals surface area (Å²) in [5, 5.41) is 0.846. The summed E-state index contributed by atoms with van der Waals surface area (Å²) in [5.41, 5.74) is 0.702. The molecule has 1 heterocycles. The van der Waals surface area contributed by atoms with Crippen molar-refractivity contribution >= 4 is 17.5 Å². The first-order valence-corrected chi connectivity index (χ1v) is 5.77. The van der Waals surface area contributed by atoms with Gasteiger partial charge in [0, 0.05) is 16.7 Å². The summed E-state index contributed by atoms with van der Waals surface area (Å²) in [4.78, 5) is 16.6. The normalized spacial score (nSPS) is 10.1. The fourth-order valence-electron chi connectivity index (χ4n) is 1.29. The summed E-state index contributed by atoms with van der Waals surface area (Å²) >= 11 is 1.56. The topological polar surface area (TPSA) is 30.0 Å². The summed E-state index contributed by atoms with van der Waals surface area (Å²) in [5.74, 6) is 0.0670. The van der Waals surface area contributed by atoms with Gasteiger partial charge in [-0.3, -0.25) is 4.79 Å². The molecule has 0 N–H and O–H groups in total. The Hall–Kier alpha value is -1.61. The van der Waals surface area contributed by atoms with E-state index in [1.54, 1.807) is 30.9 Å². The van der Waals surface area contributed by atoms with Crippen molar-refractivity contribution in [3.63, 3.8) is 0 Å². The Labute approximate surface area is 98.7 Å². The minimum atomic E-state index is 0.0670. The number of carbonyl (C=O) groups excluding carboxylic acids is 1. The van der Waals surface area contributed by atoms with Gasteiger partial charge in [-0.1, -0.05) is 30.0 Å². The molecule has 0 saturated heterocycles. The van der Waals surface area contributed by atoms with Crippen molar-refractivity contribution in [3.8, 4) is 0 Å². The number of pyridine rings is 1. The zero-order valence-electron chi connectivity index (χ0n) is 8.88. The molecule has 3 heteroatoms. The third kappa shape index (κ3) is 2.70. The van der Waals surface area contributed by atoms with Crippen LogP contribution in [0.4, 0.5) is 0 Å². The van der Waals surface area contributed by atoms with Crippen LogP contribution in [-0.4, -0.2) is 10.8 Å². The van der Waals surface area contributed by atoms with Gasteiger partial charge in [-0.05, 0) is 31.2 Å². The second-order valence-electron chi connectivity index (χ2n) is 3.35. The number of nitrogens with zero attached hydrogens (tertiary/aromatic N) is 1. The summed E-state index contributed by atoms with van der Waals surface area (Å²) in [7, 11) is 0. The first-order valence-electron chi connectivity index (χ1n) is 4.95. The molecule has 0 saturated carbocycles. The molecule has 0 unspecified atom stereocenters. The van der Waals surface area contributed by atoms with Gasteiger partial charge < -0.3 is 0 Å². The molecule has 0 fully saturated rings. The lowest BCUT2D eigenvalue weighted by molar-refractivity contribution is 0.101. The summed E-state index contributed by atoms with van der Waals surface area (Å²) in [6.07, 6.45) is 1.67. The van der Waals surface area contributed by atoms with Gasteiger partial charge in [-0.15, -0.1) is 0 Å². The Morgan fingerprint density at radius 2 is 1.94 bits per heavy atom. The molecule has 16 heavy (non-hydrogen) atoms. The van der Waals surface area contributed by atoms with Crippen LogP contribution < -0.4 is 0 Å². The van der Waals surface area contributed by atoms with Gasteiger partial charge >= 0.3 is 0 Å². The van der Waals surface area contributed by atoms with Crippen molar-refractivity contribution in [1.29, 1.82) is 0 Å². The third-order valence-electron chi connectivity index (χ3n) is 2.11. The fraction of sp³-hybridized carbons (Fsp3) is 0.0769. The van der Waals surface area contributed by atoms with Crippen LogP contribution in [0, 0.1) is 0 Å². The van der Waals surface area contributed by atoms with Crippen LogP contribution in [0.1, 0.15) is 17.3 Å². The molecule has 2 nitrogen and oxygen atoms in total. The van der Waals surface area contributed by atoms with Crippen molar-refractivity contribution in [1.82, 2.24) is 4.98 Å². The highest BCUT2D eigenvalue weighted by molar-refractivity contribution is 7.99.